The predicted molar refractivity (Wildman–Crippen MR) is 111 cm³/mol. The summed E-state index contributed by atoms with van der Waals surface area (Å²) in [5.41, 5.74) is 0.518. The monoisotopic (exact) mass is 404 g/mol. The quantitative estimate of drug-likeness (QED) is 0.542. The van der Waals surface area contributed by atoms with Gasteiger partial charge >= 0.3 is 6.03 Å². The van der Waals surface area contributed by atoms with Crippen molar-refractivity contribution in [3.05, 3.63) is 35.9 Å². The van der Waals surface area contributed by atoms with E-state index in [0.717, 1.165) is 0 Å². The minimum absolute atomic E-state index is 0.0317. The van der Waals surface area contributed by atoms with Gasteiger partial charge in [0.15, 0.2) is 0 Å². The smallest absolute Gasteiger partial charge is 0.317 e. The van der Waals surface area contributed by atoms with Crippen molar-refractivity contribution in [1.29, 1.82) is 0 Å². The summed E-state index contributed by atoms with van der Waals surface area (Å²) in [6.07, 6.45) is 2.02. The summed E-state index contributed by atoms with van der Waals surface area (Å²) in [6.45, 7) is 4.64. The SMILES string of the molecule is CCNC(=O)N1CCC([C@H](NC(=O)c2ccccc2)C(=O)NCCCOC)CC1. The van der Waals surface area contributed by atoms with Crippen LogP contribution in [0.4, 0.5) is 4.79 Å². The number of carbonyl (C=O) groups is 3. The van der Waals surface area contributed by atoms with Crippen LogP contribution in [0.15, 0.2) is 30.3 Å². The highest BCUT2D eigenvalue weighted by atomic mass is 16.5. The molecule has 4 amide bonds. The van der Waals surface area contributed by atoms with Gasteiger partial charge in [0.05, 0.1) is 0 Å². The van der Waals surface area contributed by atoms with Crippen molar-refractivity contribution in [2.45, 2.75) is 32.2 Å². The van der Waals surface area contributed by atoms with E-state index in [1.165, 1.54) is 0 Å². The number of carbonyl (C=O) groups excluding carboxylic acids is 3. The van der Waals surface area contributed by atoms with Crippen LogP contribution >= 0.6 is 0 Å². The van der Waals surface area contributed by atoms with Crippen LogP contribution in [0.25, 0.3) is 0 Å². The molecule has 0 aliphatic carbocycles. The highest BCUT2D eigenvalue weighted by molar-refractivity contribution is 5.97. The van der Waals surface area contributed by atoms with Crippen molar-refractivity contribution < 1.29 is 19.1 Å². The van der Waals surface area contributed by atoms with Crippen molar-refractivity contribution in [2.75, 3.05) is 39.9 Å². The van der Waals surface area contributed by atoms with Gasteiger partial charge in [-0.25, -0.2) is 4.79 Å². The summed E-state index contributed by atoms with van der Waals surface area (Å²) < 4.78 is 5.01. The van der Waals surface area contributed by atoms with Crippen LogP contribution in [0.3, 0.4) is 0 Å². The molecule has 0 saturated carbocycles. The van der Waals surface area contributed by atoms with Crippen LogP contribution in [0, 0.1) is 5.92 Å². The summed E-state index contributed by atoms with van der Waals surface area (Å²) in [5, 5.41) is 8.61. The molecule has 8 nitrogen and oxygen atoms in total. The number of hydrogen-bond acceptors (Lipinski definition) is 4. The fraction of sp³-hybridized carbons (Fsp3) is 0.571. The van der Waals surface area contributed by atoms with Gasteiger partial charge in [0.1, 0.15) is 6.04 Å². The number of amides is 4. The van der Waals surface area contributed by atoms with E-state index in [-0.39, 0.29) is 23.8 Å². The molecule has 0 unspecified atom stereocenters. The van der Waals surface area contributed by atoms with E-state index in [0.29, 0.717) is 57.6 Å². The van der Waals surface area contributed by atoms with E-state index in [4.69, 9.17) is 4.74 Å². The number of rotatable bonds is 9. The van der Waals surface area contributed by atoms with Gasteiger partial charge in [0.25, 0.3) is 5.91 Å². The Balaban J connectivity index is 2.01. The van der Waals surface area contributed by atoms with E-state index < -0.39 is 6.04 Å². The molecule has 2 rings (SSSR count). The van der Waals surface area contributed by atoms with Gasteiger partial charge in [0.2, 0.25) is 5.91 Å². The second-order valence-electron chi connectivity index (χ2n) is 7.11. The van der Waals surface area contributed by atoms with Crippen molar-refractivity contribution in [3.8, 4) is 0 Å². The lowest BCUT2D eigenvalue weighted by atomic mass is 9.88. The zero-order chi connectivity index (χ0) is 21.1. The standard InChI is InChI=1S/C21H32N4O4/c1-3-22-21(28)25-13-10-16(11-14-25)18(20(27)23-12-7-15-29-2)24-19(26)17-8-5-4-6-9-17/h4-6,8-9,16,18H,3,7,10-15H2,1-2H3,(H,22,28)(H,23,27)(H,24,26)/t18-/m0/s1. The Kier molecular flexibility index (Phi) is 9.43. The van der Waals surface area contributed by atoms with E-state index in [1.54, 1.807) is 36.3 Å². The lowest BCUT2D eigenvalue weighted by molar-refractivity contribution is -0.124. The average molecular weight is 405 g/mol. The average Bonchev–Trinajstić information content (AvgIpc) is 2.75. The molecule has 1 fully saturated rings. The van der Waals surface area contributed by atoms with E-state index in [9.17, 15) is 14.4 Å². The Labute approximate surface area is 172 Å². The summed E-state index contributed by atoms with van der Waals surface area (Å²) >= 11 is 0. The van der Waals surface area contributed by atoms with Gasteiger partial charge < -0.3 is 25.6 Å². The van der Waals surface area contributed by atoms with Crippen molar-refractivity contribution in [2.24, 2.45) is 5.92 Å². The maximum Gasteiger partial charge on any atom is 0.317 e. The first-order chi connectivity index (χ1) is 14.1. The van der Waals surface area contributed by atoms with Gasteiger partial charge in [-0.2, -0.15) is 0 Å². The van der Waals surface area contributed by atoms with E-state index in [1.807, 2.05) is 13.0 Å². The Morgan fingerprint density at radius 1 is 1.14 bits per heavy atom. The lowest BCUT2D eigenvalue weighted by Gasteiger charge is -2.35. The second-order valence-corrected chi connectivity index (χ2v) is 7.11. The summed E-state index contributed by atoms with van der Waals surface area (Å²) in [5.74, 6) is -0.494. The Hall–Kier alpha value is -2.61. The van der Waals surface area contributed by atoms with Crippen LogP contribution in [-0.2, 0) is 9.53 Å². The Morgan fingerprint density at radius 2 is 1.83 bits per heavy atom. The van der Waals surface area contributed by atoms with Crippen LogP contribution in [0.5, 0.6) is 0 Å². The number of piperidine rings is 1. The van der Waals surface area contributed by atoms with Gasteiger partial charge in [-0.15, -0.1) is 0 Å². The number of ether oxygens (including phenoxy) is 1. The molecular formula is C21H32N4O4. The number of benzene rings is 1. The molecule has 1 aliphatic heterocycles. The van der Waals surface area contributed by atoms with E-state index >= 15 is 0 Å². The molecular weight excluding hydrogens is 372 g/mol. The van der Waals surface area contributed by atoms with Crippen LogP contribution in [0.2, 0.25) is 0 Å². The number of urea groups is 1. The zero-order valence-corrected chi connectivity index (χ0v) is 17.3. The zero-order valence-electron chi connectivity index (χ0n) is 17.3. The van der Waals surface area contributed by atoms with Crippen molar-refractivity contribution >= 4 is 17.8 Å². The maximum atomic E-state index is 12.8. The topological polar surface area (TPSA) is 99.8 Å². The minimum atomic E-state index is -0.637. The molecule has 3 N–H and O–H groups in total. The van der Waals surface area contributed by atoms with Crippen LogP contribution < -0.4 is 16.0 Å². The third-order valence-electron chi connectivity index (χ3n) is 5.06. The second kappa shape index (κ2) is 12.1. The normalized spacial score (nSPS) is 15.4. The van der Waals surface area contributed by atoms with Gasteiger partial charge in [0, 0.05) is 45.5 Å². The highest BCUT2D eigenvalue weighted by Crippen LogP contribution is 2.21. The number of likely N-dealkylation sites (tertiary alicyclic amines) is 1. The van der Waals surface area contributed by atoms with Gasteiger partial charge in [-0.1, -0.05) is 18.2 Å². The third kappa shape index (κ3) is 7.05. The fourth-order valence-electron chi connectivity index (χ4n) is 3.45. The lowest BCUT2D eigenvalue weighted by Crippen LogP contribution is -2.54. The first-order valence-corrected chi connectivity index (χ1v) is 10.2. The first-order valence-electron chi connectivity index (χ1n) is 10.2. The molecule has 1 aromatic carbocycles. The van der Waals surface area contributed by atoms with Crippen LogP contribution in [0.1, 0.15) is 36.5 Å². The van der Waals surface area contributed by atoms with Gasteiger partial charge in [-0.3, -0.25) is 9.59 Å². The highest BCUT2D eigenvalue weighted by Gasteiger charge is 2.33. The minimum Gasteiger partial charge on any atom is -0.385 e. The molecule has 8 heteroatoms. The third-order valence-corrected chi connectivity index (χ3v) is 5.06. The van der Waals surface area contributed by atoms with Crippen LogP contribution in [-0.4, -0.2) is 68.7 Å². The maximum absolute atomic E-state index is 12.8. The molecule has 1 aliphatic rings. The Morgan fingerprint density at radius 3 is 2.45 bits per heavy atom. The predicted octanol–water partition coefficient (Wildman–Crippen LogP) is 1.38. The first kappa shape index (κ1) is 22.7. The largest absolute Gasteiger partial charge is 0.385 e. The molecule has 160 valence electrons. The summed E-state index contributed by atoms with van der Waals surface area (Å²) in [6, 6.07) is 8.15. The molecule has 29 heavy (non-hydrogen) atoms. The summed E-state index contributed by atoms with van der Waals surface area (Å²) in [7, 11) is 1.62. The number of nitrogens with zero attached hydrogens (tertiary/aromatic N) is 1. The molecule has 0 radical (unpaired) electrons. The molecule has 0 spiro atoms. The van der Waals surface area contributed by atoms with Crippen molar-refractivity contribution in [3.63, 3.8) is 0 Å². The number of nitrogens with one attached hydrogen (secondary N) is 3. The van der Waals surface area contributed by atoms with Crippen molar-refractivity contribution in [1.82, 2.24) is 20.9 Å². The molecule has 1 saturated heterocycles. The number of methoxy groups -OCH3 is 1. The molecule has 1 heterocycles. The fourth-order valence-corrected chi connectivity index (χ4v) is 3.45. The van der Waals surface area contributed by atoms with E-state index in [2.05, 4.69) is 16.0 Å². The molecule has 1 atom stereocenters. The molecule has 0 aromatic heterocycles. The molecule has 0 bridgehead atoms. The molecule has 1 aromatic rings. The summed E-state index contributed by atoms with van der Waals surface area (Å²) in [4.78, 5) is 39.3. The van der Waals surface area contributed by atoms with Gasteiger partial charge in [-0.05, 0) is 44.2 Å². The Bertz CT molecular complexity index is 660. The number of hydrogen-bond donors (Lipinski definition) is 3.